The van der Waals surface area contributed by atoms with Gasteiger partial charge in [0, 0.05) is 11.1 Å². The molecule has 0 saturated heterocycles. The van der Waals surface area contributed by atoms with E-state index in [9.17, 15) is 0 Å². The van der Waals surface area contributed by atoms with Crippen molar-refractivity contribution in [3.63, 3.8) is 0 Å². The molecular weight excluding hydrogens is 322 g/mol. The molecule has 2 aromatic heterocycles. The molecule has 3 N–H and O–H groups in total. The zero-order chi connectivity index (χ0) is 17.5. The molecule has 5 heteroatoms. The third kappa shape index (κ3) is 2.14. The number of nitrogens with one attached hydrogen (secondary N) is 1. The number of nitrogens with two attached hydrogens (primary N) is 1. The summed E-state index contributed by atoms with van der Waals surface area (Å²) in [5.41, 5.74) is 10.5. The number of rotatable bonds is 2. The van der Waals surface area contributed by atoms with Crippen LogP contribution in [0.25, 0.3) is 44.2 Å². The van der Waals surface area contributed by atoms with Gasteiger partial charge in [-0.2, -0.15) is 5.10 Å². The molecule has 3 aromatic carbocycles. The first-order valence-electron chi connectivity index (χ1n) is 8.37. The lowest BCUT2D eigenvalue weighted by Gasteiger charge is -2.12. The number of hydrogen-bond acceptors (Lipinski definition) is 4. The number of aromatic amines is 1. The van der Waals surface area contributed by atoms with Gasteiger partial charge in [-0.05, 0) is 16.3 Å². The van der Waals surface area contributed by atoms with Crippen molar-refractivity contribution in [2.24, 2.45) is 0 Å². The van der Waals surface area contributed by atoms with Crippen LogP contribution >= 0.6 is 0 Å². The SMILES string of the molecule is Nc1[nH]nc2nnc(-c3cccc4ccccc34)c(-c3ccccc3)c12. The van der Waals surface area contributed by atoms with Crippen molar-refractivity contribution >= 4 is 27.6 Å². The van der Waals surface area contributed by atoms with Crippen LogP contribution in [0.3, 0.4) is 0 Å². The van der Waals surface area contributed by atoms with Gasteiger partial charge in [-0.1, -0.05) is 72.8 Å². The number of nitrogen functional groups attached to an aromatic ring is 1. The van der Waals surface area contributed by atoms with E-state index in [0.717, 1.165) is 38.5 Å². The number of fused-ring (bicyclic) bond motifs is 2. The Morgan fingerprint density at radius 3 is 2.42 bits per heavy atom. The maximum absolute atomic E-state index is 6.19. The Bertz CT molecular complexity index is 1240. The standard InChI is InChI=1S/C21H15N5/c22-20-18-17(14-8-2-1-3-9-14)19(23-25-21(18)26-24-20)16-12-6-10-13-7-4-5-11-15(13)16/h1-12H,(H3,22,24,25,26). The third-order valence-electron chi connectivity index (χ3n) is 4.61. The molecule has 2 heterocycles. The third-order valence-corrected chi connectivity index (χ3v) is 4.61. The molecule has 26 heavy (non-hydrogen) atoms. The predicted octanol–water partition coefficient (Wildman–Crippen LogP) is 4.42. The minimum Gasteiger partial charge on any atom is -0.383 e. The molecule has 0 saturated carbocycles. The molecule has 0 spiro atoms. The Morgan fingerprint density at radius 1 is 0.769 bits per heavy atom. The molecule has 5 rings (SSSR count). The summed E-state index contributed by atoms with van der Waals surface area (Å²) >= 11 is 0. The number of anilines is 1. The van der Waals surface area contributed by atoms with E-state index in [1.54, 1.807) is 0 Å². The van der Waals surface area contributed by atoms with Crippen LogP contribution in [0.4, 0.5) is 5.82 Å². The Morgan fingerprint density at radius 2 is 1.54 bits per heavy atom. The van der Waals surface area contributed by atoms with Crippen LogP contribution in [0.2, 0.25) is 0 Å². The van der Waals surface area contributed by atoms with Crippen molar-refractivity contribution in [3.05, 3.63) is 72.8 Å². The first-order valence-corrected chi connectivity index (χ1v) is 8.37. The maximum atomic E-state index is 6.19. The van der Waals surface area contributed by atoms with Gasteiger partial charge in [-0.3, -0.25) is 5.10 Å². The Balaban J connectivity index is 1.93. The van der Waals surface area contributed by atoms with Crippen LogP contribution in [-0.2, 0) is 0 Å². The molecule has 0 unspecified atom stereocenters. The van der Waals surface area contributed by atoms with E-state index in [2.05, 4.69) is 56.8 Å². The van der Waals surface area contributed by atoms with Gasteiger partial charge in [0.2, 0.25) is 5.65 Å². The molecule has 0 aliphatic rings. The molecule has 0 aliphatic carbocycles. The minimum atomic E-state index is 0.496. The van der Waals surface area contributed by atoms with Gasteiger partial charge >= 0.3 is 0 Å². The highest BCUT2D eigenvalue weighted by Crippen LogP contribution is 2.39. The molecule has 5 aromatic rings. The number of benzene rings is 3. The average molecular weight is 337 g/mol. The molecule has 0 radical (unpaired) electrons. The molecule has 124 valence electrons. The molecule has 5 nitrogen and oxygen atoms in total. The van der Waals surface area contributed by atoms with Crippen molar-refractivity contribution in [2.75, 3.05) is 5.73 Å². The Kier molecular flexibility index (Phi) is 3.18. The van der Waals surface area contributed by atoms with Crippen molar-refractivity contribution in [1.82, 2.24) is 20.4 Å². The first-order chi connectivity index (χ1) is 12.8. The van der Waals surface area contributed by atoms with E-state index >= 15 is 0 Å². The van der Waals surface area contributed by atoms with Crippen LogP contribution in [0, 0.1) is 0 Å². The normalized spacial score (nSPS) is 11.2. The second-order valence-corrected chi connectivity index (χ2v) is 6.15. The van der Waals surface area contributed by atoms with E-state index in [4.69, 9.17) is 5.73 Å². The van der Waals surface area contributed by atoms with Crippen molar-refractivity contribution in [2.45, 2.75) is 0 Å². The molecule has 0 aliphatic heterocycles. The highest BCUT2D eigenvalue weighted by atomic mass is 15.2. The van der Waals surface area contributed by atoms with Gasteiger partial charge in [0.15, 0.2) is 0 Å². The van der Waals surface area contributed by atoms with Crippen LogP contribution in [-0.4, -0.2) is 20.4 Å². The summed E-state index contributed by atoms with van der Waals surface area (Å²) in [4.78, 5) is 0. The number of nitrogens with zero attached hydrogens (tertiary/aromatic N) is 3. The number of H-pyrrole nitrogens is 1. The molecule has 0 bridgehead atoms. The van der Waals surface area contributed by atoms with E-state index in [1.807, 2.05) is 36.4 Å². The quantitative estimate of drug-likeness (QED) is 0.499. The van der Waals surface area contributed by atoms with Crippen molar-refractivity contribution in [1.29, 1.82) is 0 Å². The first kappa shape index (κ1) is 14.6. The van der Waals surface area contributed by atoms with Crippen molar-refractivity contribution in [3.8, 4) is 22.4 Å². The van der Waals surface area contributed by atoms with E-state index < -0.39 is 0 Å². The lowest BCUT2D eigenvalue weighted by atomic mass is 9.94. The average Bonchev–Trinajstić information content (AvgIpc) is 3.08. The molecule has 0 atom stereocenters. The monoisotopic (exact) mass is 337 g/mol. The summed E-state index contributed by atoms with van der Waals surface area (Å²) in [6.45, 7) is 0. The highest BCUT2D eigenvalue weighted by Gasteiger charge is 2.19. The van der Waals surface area contributed by atoms with Gasteiger partial charge < -0.3 is 5.73 Å². The van der Waals surface area contributed by atoms with Gasteiger partial charge in [-0.15, -0.1) is 10.2 Å². The summed E-state index contributed by atoms with van der Waals surface area (Å²) in [6, 6.07) is 24.6. The molecular formula is C21H15N5. The second kappa shape index (κ2) is 5.67. The fourth-order valence-corrected chi connectivity index (χ4v) is 3.44. The van der Waals surface area contributed by atoms with E-state index in [-0.39, 0.29) is 0 Å². The summed E-state index contributed by atoms with van der Waals surface area (Å²) in [6.07, 6.45) is 0. The van der Waals surface area contributed by atoms with Crippen LogP contribution < -0.4 is 5.73 Å². The lowest BCUT2D eigenvalue weighted by molar-refractivity contribution is 1.03. The highest BCUT2D eigenvalue weighted by molar-refractivity contribution is 6.08. The molecule has 0 amide bonds. The zero-order valence-corrected chi connectivity index (χ0v) is 13.8. The summed E-state index contributed by atoms with van der Waals surface area (Å²) in [7, 11) is 0. The summed E-state index contributed by atoms with van der Waals surface area (Å²) < 4.78 is 0. The van der Waals surface area contributed by atoms with Gasteiger partial charge in [-0.25, -0.2) is 0 Å². The molecule has 0 fully saturated rings. The number of hydrogen-bond donors (Lipinski definition) is 2. The van der Waals surface area contributed by atoms with Crippen LogP contribution in [0.1, 0.15) is 0 Å². The predicted molar refractivity (Wildman–Crippen MR) is 104 cm³/mol. The Hall–Kier alpha value is -3.73. The maximum Gasteiger partial charge on any atom is 0.205 e. The Labute approximate surface area is 149 Å². The zero-order valence-electron chi connectivity index (χ0n) is 13.8. The minimum absolute atomic E-state index is 0.496. The fraction of sp³-hybridized carbons (Fsp3) is 0. The van der Waals surface area contributed by atoms with Gasteiger partial charge in [0.05, 0.1) is 5.39 Å². The van der Waals surface area contributed by atoms with Crippen molar-refractivity contribution < 1.29 is 0 Å². The summed E-state index contributed by atoms with van der Waals surface area (Å²) in [5.74, 6) is 0.496. The van der Waals surface area contributed by atoms with Gasteiger partial charge in [0.25, 0.3) is 0 Å². The van der Waals surface area contributed by atoms with E-state index in [0.29, 0.717) is 11.5 Å². The topological polar surface area (TPSA) is 80.5 Å². The van der Waals surface area contributed by atoms with Gasteiger partial charge in [0.1, 0.15) is 11.5 Å². The van der Waals surface area contributed by atoms with Crippen LogP contribution in [0.15, 0.2) is 72.8 Å². The fourth-order valence-electron chi connectivity index (χ4n) is 3.44. The lowest BCUT2D eigenvalue weighted by Crippen LogP contribution is -1.96. The largest absolute Gasteiger partial charge is 0.383 e. The smallest absolute Gasteiger partial charge is 0.205 e. The second-order valence-electron chi connectivity index (χ2n) is 6.15. The van der Waals surface area contributed by atoms with E-state index in [1.165, 1.54) is 0 Å². The summed E-state index contributed by atoms with van der Waals surface area (Å²) in [5, 5.41) is 18.9. The van der Waals surface area contributed by atoms with Crippen LogP contribution in [0.5, 0.6) is 0 Å². The number of aromatic nitrogens is 4.